The minimum Gasteiger partial charge on any atom is -0.350 e. The normalized spacial score (nSPS) is 11.2. The SMILES string of the molecule is CN(C)CCN(C)c1nc2ccc(NC(=O)c3ccc(-c4ccc(F)cc4)nc3)cc2s1. The van der Waals surface area contributed by atoms with Crippen LogP contribution in [0.2, 0.25) is 0 Å². The zero-order chi connectivity index (χ0) is 22.7. The molecule has 8 heteroatoms. The topological polar surface area (TPSA) is 61.4 Å². The predicted molar refractivity (Wildman–Crippen MR) is 129 cm³/mol. The van der Waals surface area contributed by atoms with Gasteiger partial charge in [0.15, 0.2) is 5.13 Å². The van der Waals surface area contributed by atoms with Crippen LogP contribution >= 0.6 is 11.3 Å². The number of benzene rings is 2. The molecule has 0 fully saturated rings. The lowest BCUT2D eigenvalue weighted by Crippen LogP contribution is -2.28. The van der Waals surface area contributed by atoms with Crippen LogP contribution < -0.4 is 10.2 Å². The average Bonchev–Trinajstić information content (AvgIpc) is 3.21. The number of aromatic nitrogens is 2. The van der Waals surface area contributed by atoms with Crippen LogP contribution in [-0.4, -0.2) is 55.0 Å². The Morgan fingerprint density at radius 2 is 1.81 bits per heavy atom. The average molecular weight is 450 g/mol. The molecule has 0 saturated carbocycles. The van der Waals surface area contributed by atoms with Gasteiger partial charge in [0.05, 0.1) is 21.5 Å². The molecule has 0 atom stereocenters. The fourth-order valence-electron chi connectivity index (χ4n) is 3.12. The van der Waals surface area contributed by atoms with Crippen molar-refractivity contribution < 1.29 is 9.18 Å². The highest BCUT2D eigenvalue weighted by Gasteiger charge is 2.12. The summed E-state index contributed by atoms with van der Waals surface area (Å²) in [5.41, 5.74) is 3.53. The predicted octanol–water partition coefficient (Wildman–Crippen LogP) is 4.75. The molecule has 0 radical (unpaired) electrons. The standard InChI is InChI=1S/C24H24FN5OS/c1-29(2)12-13-30(3)24-28-21-11-9-19(14-22(21)32-24)27-23(31)17-6-10-20(26-15-17)16-4-7-18(25)8-5-16/h4-11,14-15H,12-13H2,1-3H3,(H,27,31). The molecule has 0 unspecified atom stereocenters. The van der Waals surface area contributed by atoms with Gasteiger partial charge in [-0.15, -0.1) is 0 Å². The first-order valence-corrected chi connectivity index (χ1v) is 11.0. The Morgan fingerprint density at radius 1 is 1.03 bits per heavy atom. The second-order valence-corrected chi connectivity index (χ2v) is 8.81. The number of nitrogens with one attached hydrogen (secondary N) is 1. The van der Waals surface area contributed by atoms with Gasteiger partial charge in [0, 0.05) is 37.6 Å². The van der Waals surface area contributed by atoms with Gasteiger partial charge in [-0.3, -0.25) is 9.78 Å². The molecule has 1 amide bonds. The number of nitrogens with zero attached hydrogens (tertiary/aromatic N) is 4. The molecule has 4 aromatic rings. The molecular weight excluding hydrogens is 425 g/mol. The van der Waals surface area contributed by atoms with Gasteiger partial charge in [-0.05, 0) is 68.7 Å². The van der Waals surface area contributed by atoms with Gasteiger partial charge in [-0.1, -0.05) is 11.3 Å². The molecule has 0 bridgehead atoms. The Hall–Kier alpha value is -3.36. The highest BCUT2D eigenvalue weighted by Crippen LogP contribution is 2.30. The highest BCUT2D eigenvalue weighted by molar-refractivity contribution is 7.22. The van der Waals surface area contributed by atoms with E-state index >= 15 is 0 Å². The maximum absolute atomic E-state index is 13.1. The van der Waals surface area contributed by atoms with Crippen LogP contribution in [0.25, 0.3) is 21.5 Å². The molecule has 0 aliphatic rings. The van der Waals surface area contributed by atoms with Crippen LogP contribution in [0.15, 0.2) is 60.8 Å². The summed E-state index contributed by atoms with van der Waals surface area (Å²) in [4.78, 5) is 26.0. The maximum atomic E-state index is 13.1. The number of likely N-dealkylation sites (N-methyl/N-ethyl adjacent to an activating group) is 2. The molecule has 2 aromatic heterocycles. The van der Waals surface area contributed by atoms with Gasteiger partial charge in [-0.2, -0.15) is 0 Å². The van der Waals surface area contributed by atoms with Crippen LogP contribution in [0.1, 0.15) is 10.4 Å². The monoisotopic (exact) mass is 449 g/mol. The number of rotatable bonds is 7. The van der Waals surface area contributed by atoms with Crippen LogP contribution in [0.4, 0.5) is 15.2 Å². The number of hydrogen-bond acceptors (Lipinski definition) is 6. The Kier molecular flexibility index (Phi) is 6.43. The summed E-state index contributed by atoms with van der Waals surface area (Å²) >= 11 is 1.60. The molecule has 2 aromatic carbocycles. The zero-order valence-corrected chi connectivity index (χ0v) is 19.0. The summed E-state index contributed by atoms with van der Waals surface area (Å²) in [7, 11) is 6.13. The number of hydrogen-bond donors (Lipinski definition) is 1. The third-order valence-corrected chi connectivity index (χ3v) is 6.14. The van der Waals surface area contributed by atoms with Crippen molar-refractivity contribution in [1.82, 2.24) is 14.9 Å². The summed E-state index contributed by atoms with van der Waals surface area (Å²) in [6, 6.07) is 15.3. The lowest BCUT2D eigenvalue weighted by atomic mass is 10.1. The van der Waals surface area contributed by atoms with Crippen molar-refractivity contribution in [2.45, 2.75) is 0 Å². The summed E-state index contributed by atoms with van der Waals surface area (Å²) in [5, 5.41) is 3.88. The van der Waals surface area contributed by atoms with Crippen molar-refractivity contribution in [2.24, 2.45) is 0 Å². The summed E-state index contributed by atoms with van der Waals surface area (Å²) < 4.78 is 14.1. The maximum Gasteiger partial charge on any atom is 0.257 e. The lowest BCUT2D eigenvalue weighted by molar-refractivity contribution is 0.102. The molecule has 4 rings (SSSR count). The van der Waals surface area contributed by atoms with E-state index in [-0.39, 0.29) is 11.7 Å². The minimum absolute atomic E-state index is 0.240. The second-order valence-electron chi connectivity index (χ2n) is 7.80. The van der Waals surface area contributed by atoms with Crippen molar-refractivity contribution in [1.29, 1.82) is 0 Å². The fraction of sp³-hybridized carbons (Fsp3) is 0.208. The number of pyridine rings is 1. The lowest BCUT2D eigenvalue weighted by Gasteiger charge is -2.18. The summed E-state index contributed by atoms with van der Waals surface area (Å²) in [6.07, 6.45) is 1.52. The van der Waals surface area contributed by atoms with Crippen molar-refractivity contribution in [3.8, 4) is 11.3 Å². The molecular formula is C24H24FN5OS. The Labute approximate surface area is 190 Å². The van der Waals surface area contributed by atoms with E-state index in [1.165, 1.54) is 18.3 Å². The molecule has 164 valence electrons. The van der Waals surface area contributed by atoms with Gasteiger partial charge >= 0.3 is 0 Å². The Morgan fingerprint density at radius 3 is 2.50 bits per heavy atom. The van der Waals surface area contributed by atoms with Gasteiger partial charge < -0.3 is 15.1 Å². The van der Waals surface area contributed by atoms with E-state index in [0.717, 1.165) is 34.0 Å². The van der Waals surface area contributed by atoms with Gasteiger partial charge in [-0.25, -0.2) is 9.37 Å². The molecule has 0 saturated heterocycles. The van der Waals surface area contributed by atoms with Gasteiger partial charge in [0.25, 0.3) is 5.91 Å². The van der Waals surface area contributed by atoms with E-state index in [9.17, 15) is 9.18 Å². The molecule has 2 heterocycles. The first-order chi connectivity index (χ1) is 15.4. The summed E-state index contributed by atoms with van der Waals surface area (Å²) in [5.74, 6) is -0.537. The molecule has 6 nitrogen and oxygen atoms in total. The molecule has 32 heavy (non-hydrogen) atoms. The number of carbonyl (C=O) groups is 1. The van der Waals surface area contributed by atoms with Crippen molar-refractivity contribution in [2.75, 3.05) is 44.4 Å². The Bertz CT molecular complexity index is 1220. The molecule has 0 spiro atoms. The fourth-order valence-corrected chi connectivity index (χ4v) is 4.11. The van der Waals surface area contributed by atoms with Gasteiger partial charge in [0.2, 0.25) is 0 Å². The first kappa shape index (κ1) is 21.9. The minimum atomic E-state index is -0.296. The summed E-state index contributed by atoms with van der Waals surface area (Å²) in [6.45, 7) is 1.83. The zero-order valence-electron chi connectivity index (χ0n) is 18.2. The smallest absolute Gasteiger partial charge is 0.257 e. The molecule has 1 N–H and O–H groups in total. The Balaban J connectivity index is 1.45. The third kappa shape index (κ3) is 5.09. The van der Waals surface area contributed by atoms with Crippen LogP contribution in [0.5, 0.6) is 0 Å². The van der Waals surface area contributed by atoms with Crippen molar-refractivity contribution in [3.63, 3.8) is 0 Å². The van der Waals surface area contributed by atoms with E-state index in [4.69, 9.17) is 4.98 Å². The largest absolute Gasteiger partial charge is 0.350 e. The number of halogens is 1. The number of anilines is 2. The third-order valence-electron chi connectivity index (χ3n) is 5.01. The highest BCUT2D eigenvalue weighted by atomic mass is 32.1. The molecule has 0 aliphatic heterocycles. The van der Waals surface area contributed by atoms with E-state index in [1.807, 2.05) is 39.3 Å². The number of carbonyl (C=O) groups excluding carboxylic acids is 1. The van der Waals surface area contributed by atoms with Crippen LogP contribution in [0, 0.1) is 5.82 Å². The quantitative estimate of drug-likeness (QED) is 0.441. The molecule has 0 aliphatic carbocycles. The first-order valence-electron chi connectivity index (χ1n) is 10.2. The van der Waals surface area contributed by atoms with Crippen molar-refractivity contribution in [3.05, 3.63) is 72.2 Å². The van der Waals surface area contributed by atoms with E-state index in [2.05, 4.69) is 20.1 Å². The van der Waals surface area contributed by atoms with Crippen LogP contribution in [-0.2, 0) is 0 Å². The van der Waals surface area contributed by atoms with E-state index < -0.39 is 0 Å². The van der Waals surface area contributed by atoms with Crippen molar-refractivity contribution >= 4 is 38.3 Å². The van der Waals surface area contributed by atoms with E-state index in [1.54, 1.807) is 35.6 Å². The number of fused-ring (bicyclic) bond motifs is 1. The van der Waals surface area contributed by atoms with Crippen LogP contribution in [0.3, 0.4) is 0 Å². The second kappa shape index (κ2) is 9.42. The number of amides is 1. The van der Waals surface area contributed by atoms with Gasteiger partial charge in [0.1, 0.15) is 5.82 Å². The number of thiazole rings is 1. The van der Waals surface area contributed by atoms with E-state index in [0.29, 0.717) is 16.9 Å².